The number of halogens is 3. The quantitative estimate of drug-likeness (QED) is 0.165. The number of nitrogens with zero attached hydrogens (tertiary/aromatic N) is 5. The molecule has 5 heterocycles. The molecule has 4 aromatic rings. The largest absolute Gasteiger partial charge is 0.416 e. The number of hydrogen-bond donors (Lipinski definition) is 1. The molecule has 1 fully saturated rings. The highest BCUT2D eigenvalue weighted by molar-refractivity contribution is 7.99. The van der Waals surface area contributed by atoms with Crippen LogP contribution in [-0.4, -0.2) is 55.2 Å². The normalized spacial score (nSPS) is 18.2. The van der Waals surface area contributed by atoms with Gasteiger partial charge in [0.1, 0.15) is 0 Å². The summed E-state index contributed by atoms with van der Waals surface area (Å²) in [5.41, 5.74) is 3.06. The second-order valence-corrected chi connectivity index (χ2v) is 11.0. The van der Waals surface area contributed by atoms with E-state index in [9.17, 15) is 18.0 Å². The zero-order valence-corrected chi connectivity index (χ0v) is 22.0. The highest BCUT2D eigenvalue weighted by atomic mass is 32.2. The summed E-state index contributed by atoms with van der Waals surface area (Å²) in [6.45, 7) is 1.82. The molecule has 7 rings (SSSR count). The summed E-state index contributed by atoms with van der Waals surface area (Å²) in [5, 5.41) is 0.636. The van der Waals surface area contributed by atoms with Crippen molar-refractivity contribution in [2.45, 2.75) is 30.3 Å². The van der Waals surface area contributed by atoms with Crippen molar-refractivity contribution in [1.29, 1.82) is 0 Å². The molecule has 2 aromatic carbocycles. The first-order valence-corrected chi connectivity index (χ1v) is 13.9. The molecule has 0 radical (unpaired) electrons. The molecule has 11 heteroatoms. The fourth-order valence-electron chi connectivity index (χ4n) is 5.14. The van der Waals surface area contributed by atoms with Crippen molar-refractivity contribution in [2.24, 2.45) is 0 Å². The van der Waals surface area contributed by atoms with E-state index >= 15 is 0 Å². The Balaban J connectivity index is 1.22. The summed E-state index contributed by atoms with van der Waals surface area (Å²) in [7, 11) is 0. The van der Waals surface area contributed by atoms with E-state index in [2.05, 4.69) is 39.0 Å². The minimum atomic E-state index is -4.44. The van der Waals surface area contributed by atoms with Gasteiger partial charge in [-0.3, -0.25) is 9.36 Å². The molecule has 1 N–H and O–H groups in total. The zero-order chi connectivity index (χ0) is 27.4. The van der Waals surface area contributed by atoms with Crippen molar-refractivity contribution in [3.8, 4) is 5.69 Å². The van der Waals surface area contributed by atoms with E-state index in [1.165, 1.54) is 17.8 Å². The SMILES string of the molecule is O=c1c2c(nc(SCC3=CC=CC4C[N+]4=C3)n1-c1ccccc1)CCN(c1nc3ccc(C(F)(F)F)cc3[nH]1)C2. The second-order valence-electron chi connectivity index (χ2n) is 10.1. The summed E-state index contributed by atoms with van der Waals surface area (Å²) < 4.78 is 43.5. The van der Waals surface area contributed by atoms with Crippen LogP contribution in [-0.2, 0) is 19.1 Å². The molecule has 1 atom stereocenters. The Morgan fingerprint density at radius 2 is 1.98 bits per heavy atom. The van der Waals surface area contributed by atoms with Crippen molar-refractivity contribution in [2.75, 3.05) is 23.7 Å². The zero-order valence-electron chi connectivity index (χ0n) is 21.2. The van der Waals surface area contributed by atoms with Crippen LogP contribution in [0.5, 0.6) is 0 Å². The number of fused-ring (bicyclic) bond motifs is 3. The average Bonchev–Trinajstić information content (AvgIpc) is 3.58. The third kappa shape index (κ3) is 4.64. The van der Waals surface area contributed by atoms with E-state index in [4.69, 9.17) is 4.98 Å². The predicted molar refractivity (Wildman–Crippen MR) is 149 cm³/mol. The first-order valence-electron chi connectivity index (χ1n) is 13.0. The van der Waals surface area contributed by atoms with Gasteiger partial charge in [-0.25, -0.2) is 14.5 Å². The number of H-pyrrole nitrogens is 1. The summed E-state index contributed by atoms with van der Waals surface area (Å²) in [6.07, 6.45) is 4.63. The monoisotopic (exact) mass is 561 g/mol. The molecule has 7 nitrogen and oxygen atoms in total. The van der Waals surface area contributed by atoms with Crippen LogP contribution in [0.15, 0.2) is 82.3 Å². The molecule has 0 amide bonds. The maximum absolute atomic E-state index is 14.0. The number of alkyl halides is 3. The Morgan fingerprint density at radius 1 is 1.12 bits per heavy atom. The molecule has 0 spiro atoms. The lowest BCUT2D eigenvalue weighted by Gasteiger charge is -2.28. The molecule has 1 saturated heterocycles. The first-order chi connectivity index (χ1) is 19.3. The fourth-order valence-corrected chi connectivity index (χ4v) is 6.10. The standard InChI is InChI=1S/C29H24F3N6OS/c30-29(31,32)19-9-10-24-25(13-19)34-27(33-24)36-12-11-23-22(16-36)26(39)38(20-6-2-1-3-7-20)28(35-23)40-17-18-5-4-8-21-15-37(21)14-18/h1-10,13-14,21H,11-12,15-17H2,(H,33,34)/q+1. The lowest BCUT2D eigenvalue weighted by atomic mass is 10.1. The van der Waals surface area contributed by atoms with Gasteiger partial charge in [0.2, 0.25) is 18.5 Å². The minimum Gasteiger partial charge on any atom is -0.337 e. The summed E-state index contributed by atoms with van der Waals surface area (Å²) in [4.78, 5) is 28.4. The van der Waals surface area contributed by atoms with Crippen LogP contribution in [0, 0.1) is 0 Å². The molecule has 3 aliphatic heterocycles. The molecule has 202 valence electrons. The Labute approximate surface area is 231 Å². The molecular weight excluding hydrogens is 537 g/mol. The number of rotatable bonds is 5. The van der Waals surface area contributed by atoms with Crippen LogP contribution >= 0.6 is 11.8 Å². The van der Waals surface area contributed by atoms with Crippen molar-refractivity contribution in [3.05, 3.63) is 99.5 Å². The number of imidazole rings is 1. The van der Waals surface area contributed by atoms with Crippen molar-refractivity contribution < 1.29 is 17.7 Å². The minimum absolute atomic E-state index is 0.149. The van der Waals surface area contributed by atoms with Crippen molar-refractivity contribution in [3.63, 3.8) is 0 Å². The molecular formula is C29H24F3N6OS+. The van der Waals surface area contributed by atoms with E-state index < -0.39 is 11.7 Å². The average molecular weight is 562 g/mol. The second kappa shape index (κ2) is 9.51. The van der Waals surface area contributed by atoms with Crippen LogP contribution < -0.4 is 10.5 Å². The predicted octanol–water partition coefficient (Wildman–Crippen LogP) is 4.74. The lowest BCUT2D eigenvalue weighted by Crippen LogP contribution is -2.38. The fraction of sp³-hybridized carbons (Fsp3) is 0.241. The van der Waals surface area contributed by atoms with Crippen LogP contribution in [0.3, 0.4) is 0 Å². The maximum atomic E-state index is 14.0. The van der Waals surface area contributed by atoms with Gasteiger partial charge in [0.05, 0.1) is 40.1 Å². The number of benzene rings is 2. The number of aromatic amines is 1. The lowest BCUT2D eigenvalue weighted by molar-refractivity contribution is -0.345. The summed E-state index contributed by atoms with van der Waals surface area (Å²) >= 11 is 1.54. The number of nitrogens with one attached hydrogen (secondary N) is 1. The molecule has 3 aliphatic rings. The van der Waals surface area contributed by atoms with E-state index in [-0.39, 0.29) is 12.1 Å². The highest BCUT2D eigenvalue weighted by Crippen LogP contribution is 2.32. The molecule has 0 saturated carbocycles. The smallest absolute Gasteiger partial charge is 0.337 e. The number of aromatic nitrogens is 4. The first kappa shape index (κ1) is 24.9. The van der Waals surface area contributed by atoms with E-state index in [0.717, 1.165) is 35.6 Å². The van der Waals surface area contributed by atoms with Crippen molar-refractivity contribution in [1.82, 2.24) is 19.5 Å². The molecule has 0 bridgehead atoms. The topological polar surface area (TPSA) is 69.8 Å². The van der Waals surface area contributed by atoms with Crippen LogP contribution in [0.2, 0.25) is 0 Å². The molecule has 0 aliphatic carbocycles. The number of para-hydroxylation sites is 1. The Bertz CT molecular complexity index is 1790. The van der Waals surface area contributed by atoms with Crippen molar-refractivity contribution >= 4 is 35.0 Å². The molecule has 2 aromatic heterocycles. The number of anilines is 1. The molecule has 1 unspecified atom stereocenters. The maximum Gasteiger partial charge on any atom is 0.416 e. The van der Waals surface area contributed by atoms with Gasteiger partial charge in [0.15, 0.2) is 11.4 Å². The third-order valence-corrected chi connectivity index (χ3v) is 8.35. The number of hydrogen-bond acceptors (Lipinski definition) is 5. The third-order valence-electron chi connectivity index (χ3n) is 7.34. The van der Waals surface area contributed by atoms with Gasteiger partial charge in [-0.15, -0.1) is 0 Å². The van der Waals surface area contributed by atoms with Gasteiger partial charge in [-0.05, 0) is 36.4 Å². The summed E-state index contributed by atoms with van der Waals surface area (Å²) in [6, 6.07) is 13.4. The van der Waals surface area contributed by atoms with Gasteiger partial charge >= 0.3 is 6.18 Å². The van der Waals surface area contributed by atoms with Crippen LogP contribution in [0.1, 0.15) is 16.8 Å². The van der Waals surface area contributed by atoms with E-state index in [1.807, 2.05) is 35.2 Å². The van der Waals surface area contributed by atoms with Crippen LogP contribution in [0.4, 0.5) is 19.1 Å². The van der Waals surface area contributed by atoms with Gasteiger partial charge in [0.25, 0.3) is 5.56 Å². The Morgan fingerprint density at radius 3 is 2.80 bits per heavy atom. The Hall–Kier alpha value is -4.12. The van der Waals surface area contributed by atoms with Crippen LogP contribution in [0.25, 0.3) is 16.7 Å². The summed E-state index contributed by atoms with van der Waals surface area (Å²) in [5.74, 6) is 1.11. The van der Waals surface area contributed by atoms with Gasteiger partial charge in [-0.2, -0.15) is 13.2 Å². The van der Waals surface area contributed by atoms with Gasteiger partial charge in [0, 0.05) is 24.3 Å². The van der Waals surface area contributed by atoms with E-state index in [1.54, 1.807) is 4.57 Å². The number of thioether (sulfide) groups is 1. The molecule has 40 heavy (non-hydrogen) atoms. The van der Waals surface area contributed by atoms with E-state index in [0.29, 0.717) is 52.5 Å². The highest BCUT2D eigenvalue weighted by Gasteiger charge is 2.38. The Kier molecular flexibility index (Phi) is 5.92. The van der Waals surface area contributed by atoms with Gasteiger partial charge < -0.3 is 9.88 Å². The number of allylic oxidation sites excluding steroid dienone is 2. The van der Waals surface area contributed by atoms with Gasteiger partial charge in [-0.1, -0.05) is 42.1 Å².